The summed E-state index contributed by atoms with van der Waals surface area (Å²) in [6.07, 6.45) is 0.583. The largest absolute Gasteiger partial charge is 0.462 e. The summed E-state index contributed by atoms with van der Waals surface area (Å²) in [5.41, 5.74) is 3.85. The van der Waals surface area contributed by atoms with Gasteiger partial charge >= 0.3 is 5.97 Å². The zero-order chi connectivity index (χ0) is 25.5. The van der Waals surface area contributed by atoms with E-state index in [1.165, 1.54) is 6.07 Å². The summed E-state index contributed by atoms with van der Waals surface area (Å²) in [7, 11) is 1.87. The molecule has 0 saturated carbocycles. The van der Waals surface area contributed by atoms with Gasteiger partial charge < -0.3 is 10.1 Å². The number of anilines is 1. The zero-order valence-corrected chi connectivity index (χ0v) is 20.0. The topological polar surface area (TPSA) is 97.6 Å². The second-order valence-electron chi connectivity index (χ2n) is 7.76. The van der Waals surface area contributed by atoms with Gasteiger partial charge in [-0.05, 0) is 75.2 Å². The van der Waals surface area contributed by atoms with Crippen molar-refractivity contribution >= 4 is 23.5 Å². The Balaban J connectivity index is 1.79. The van der Waals surface area contributed by atoms with Gasteiger partial charge in [-0.1, -0.05) is 0 Å². The number of esters is 1. The number of aliphatic imine (C=N–C) groups is 1. The van der Waals surface area contributed by atoms with E-state index in [1.807, 2.05) is 20.9 Å². The highest BCUT2D eigenvalue weighted by atomic mass is 19.2. The predicted octanol–water partition coefficient (Wildman–Crippen LogP) is 3.93. The molecule has 8 nitrogen and oxygen atoms in total. The number of rotatable bonds is 7. The number of nitrogens with zero attached hydrogens (tertiary/aromatic N) is 3. The van der Waals surface area contributed by atoms with E-state index in [1.54, 1.807) is 35.9 Å². The summed E-state index contributed by atoms with van der Waals surface area (Å²) in [5, 5.41) is 10.0. The molecule has 0 atom stereocenters. The van der Waals surface area contributed by atoms with Crippen LogP contribution in [0, 0.1) is 25.5 Å². The third-order valence-electron chi connectivity index (χ3n) is 5.36. The third kappa shape index (κ3) is 6.50. The van der Waals surface area contributed by atoms with E-state index in [0.29, 0.717) is 24.2 Å². The molecule has 0 aliphatic carbocycles. The van der Waals surface area contributed by atoms with E-state index in [0.717, 1.165) is 29.1 Å². The number of hydrogen-bond acceptors (Lipinski definition) is 5. The van der Waals surface area contributed by atoms with E-state index >= 15 is 0 Å². The average molecular weight is 484 g/mol. The summed E-state index contributed by atoms with van der Waals surface area (Å²) in [6.45, 7) is 6.20. The summed E-state index contributed by atoms with van der Waals surface area (Å²) >= 11 is 0. The van der Waals surface area contributed by atoms with Gasteiger partial charge in [0.25, 0.3) is 5.91 Å². The van der Waals surface area contributed by atoms with Crippen LogP contribution in [0.2, 0.25) is 0 Å². The maximum absolute atomic E-state index is 13.6. The molecule has 3 rings (SSSR count). The van der Waals surface area contributed by atoms with Crippen molar-refractivity contribution in [3.8, 4) is 0 Å². The molecule has 0 aliphatic rings. The Bertz CT molecular complexity index is 1250. The molecule has 0 saturated heterocycles. The summed E-state index contributed by atoms with van der Waals surface area (Å²) < 4.78 is 33.6. The fourth-order valence-electron chi connectivity index (χ4n) is 3.43. The Kier molecular flexibility index (Phi) is 8.30. The van der Waals surface area contributed by atoms with E-state index in [-0.39, 0.29) is 18.1 Å². The number of guanidine groups is 1. The normalized spacial score (nSPS) is 11.3. The van der Waals surface area contributed by atoms with Crippen LogP contribution >= 0.6 is 0 Å². The highest BCUT2D eigenvalue weighted by Crippen LogP contribution is 2.14. The molecule has 0 unspecified atom stereocenters. The summed E-state index contributed by atoms with van der Waals surface area (Å²) in [6, 6.07) is 9.33. The van der Waals surface area contributed by atoms with Gasteiger partial charge in [-0.15, -0.1) is 0 Å². The van der Waals surface area contributed by atoms with Gasteiger partial charge in [-0.2, -0.15) is 5.10 Å². The van der Waals surface area contributed by atoms with Crippen LogP contribution in [0.15, 0.2) is 47.5 Å². The molecule has 0 aliphatic heterocycles. The molecular weight excluding hydrogens is 456 g/mol. The van der Waals surface area contributed by atoms with Crippen LogP contribution in [0.4, 0.5) is 14.5 Å². The van der Waals surface area contributed by atoms with E-state index in [9.17, 15) is 18.4 Å². The predicted molar refractivity (Wildman–Crippen MR) is 129 cm³/mol. The van der Waals surface area contributed by atoms with Crippen molar-refractivity contribution < 1.29 is 23.1 Å². The molecule has 1 heterocycles. The molecule has 0 bridgehead atoms. The van der Waals surface area contributed by atoms with E-state index < -0.39 is 23.5 Å². The minimum absolute atomic E-state index is 0.0602. The fraction of sp³-hybridized carbons (Fsp3) is 0.280. The van der Waals surface area contributed by atoms with Crippen LogP contribution in [-0.4, -0.2) is 40.8 Å². The van der Waals surface area contributed by atoms with Gasteiger partial charge in [0.15, 0.2) is 11.6 Å². The van der Waals surface area contributed by atoms with Gasteiger partial charge in [-0.3, -0.25) is 19.8 Å². The zero-order valence-electron chi connectivity index (χ0n) is 20.0. The second kappa shape index (κ2) is 11.4. The number of nitrogens with one attached hydrogen (secondary N) is 2. The van der Waals surface area contributed by atoms with Crippen molar-refractivity contribution in [1.29, 1.82) is 0 Å². The summed E-state index contributed by atoms with van der Waals surface area (Å²) in [4.78, 5) is 29.0. The number of carbonyl (C=O) groups is 2. The molecule has 35 heavy (non-hydrogen) atoms. The first-order valence-corrected chi connectivity index (χ1v) is 11.0. The number of aromatic nitrogens is 2. The van der Waals surface area contributed by atoms with Crippen LogP contribution in [0.5, 0.6) is 0 Å². The number of ether oxygens (including phenoxy) is 1. The van der Waals surface area contributed by atoms with Gasteiger partial charge in [0.1, 0.15) is 0 Å². The van der Waals surface area contributed by atoms with Crippen LogP contribution in [0.25, 0.3) is 0 Å². The third-order valence-corrected chi connectivity index (χ3v) is 5.36. The van der Waals surface area contributed by atoms with Crippen LogP contribution in [0.3, 0.4) is 0 Å². The maximum atomic E-state index is 13.6. The molecule has 3 aromatic rings. The lowest BCUT2D eigenvalue weighted by atomic mass is 10.1. The SMILES string of the molecule is CCOC(=O)c1ccc(NC(=NCCc2c(C)nn(C)c2C)NC(=O)c2ccc(F)c(F)c2)cc1. The van der Waals surface area contributed by atoms with Crippen LogP contribution in [0.1, 0.15) is 44.6 Å². The van der Waals surface area contributed by atoms with Gasteiger partial charge in [0.05, 0.1) is 17.9 Å². The Hall–Kier alpha value is -4.08. The molecule has 2 N–H and O–H groups in total. The molecule has 10 heteroatoms. The molecule has 1 aromatic heterocycles. The molecule has 0 radical (unpaired) electrons. The number of halogens is 2. The quantitative estimate of drug-likeness (QED) is 0.302. The molecular formula is C25H27F2N5O3. The second-order valence-corrected chi connectivity index (χ2v) is 7.76. The lowest BCUT2D eigenvalue weighted by Crippen LogP contribution is -2.36. The number of hydrogen-bond donors (Lipinski definition) is 2. The van der Waals surface area contributed by atoms with E-state index in [2.05, 4.69) is 20.7 Å². The number of benzene rings is 2. The van der Waals surface area contributed by atoms with Crippen molar-refractivity contribution in [3.63, 3.8) is 0 Å². The minimum Gasteiger partial charge on any atom is -0.462 e. The first kappa shape index (κ1) is 25.5. The summed E-state index contributed by atoms with van der Waals surface area (Å²) in [5.74, 6) is -3.16. The standard InChI is InChI=1S/C25H27F2N5O3/c1-5-35-24(34)17-6-9-19(10-7-17)29-25(28-13-12-20-15(2)31-32(4)16(20)3)30-23(33)18-8-11-21(26)22(27)14-18/h6-11,14H,5,12-13H2,1-4H3,(H2,28,29,30,33). The molecule has 184 valence electrons. The fourth-order valence-corrected chi connectivity index (χ4v) is 3.43. The molecule has 2 aromatic carbocycles. The Morgan fingerprint density at radius 3 is 2.34 bits per heavy atom. The first-order valence-electron chi connectivity index (χ1n) is 11.0. The number of amides is 1. The number of carbonyl (C=O) groups excluding carboxylic acids is 2. The number of aryl methyl sites for hydroxylation is 2. The highest BCUT2D eigenvalue weighted by molar-refractivity contribution is 6.10. The maximum Gasteiger partial charge on any atom is 0.338 e. The van der Waals surface area contributed by atoms with Crippen LogP contribution < -0.4 is 10.6 Å². The molecule has 0 fully saturated rings. The van der Waals surface area contributed by atoms with E-state index in [4.69, 9.17) is 4.74 Å². The minimum atomic E-state index is -1.12. The smallest absolute Gasteiger partial charge is 0.338 e. The Morgan fingerprint density at radius 1 is 1.06 bits per heavy atom. The van der Waals surface area contributed by atoms with Crippen molar-refractivity contribution in [2.75, 3.05) is 18.5 Å². The highest BCUT2D eigenvalue weighted by Gasteiger charge is 2.14. The Labute approximate surface area is 202 Å². The molecule has 1 amide bonds. The van der Waals surface area contributed by atoms with Gasteiger partial charge in [0, 0.05) is 30.5 Å². The van der Waals surface area contributed by atoms with Crippen molar-refractivity contribution in [3.05, 3.63) is 82.2 Å². The van der Waals surface area contributed by atoms with Crippen LogP contribution in [-0.2, 0) is 18.2 Å². The lowest BCUT2D eigenvalue weighted by Gasteiger charge is -2.13. The molecule has 0 spiro atoms. The van der Waals surface area contributed by atoms with Crippen molar-refractivity contribution in [2.45, 2.75) is 27.2 Å². The first-order chi connectivity index (χ1) is 16.7. The van der Waals surface area contributed by atoms with Gasteiger partial charge in [-0.25, -0.2) is 13.6 Å². The Morgan fingerprint density at radius 2 is 1.74 bits per heavy atom. The van der Waals surface area contributed by atoms with Crippen molar-refractivity contribution in [1.82, 2.24) is 15.1 Å². The lowest BCUT2D eigenvalue weighted by molar-refractivity contribution is 0.0526. The monoisotopic (exact) mass is 483 g/mol. The van der Waals surface area contributed by atoms with Crippen molar-refractivity contribution in [2.24, 2.45) is 12.0 Å². The van der Waals surface area contributed by atoms with Gasteiger partial charge in [0.2, 0.25) is 5.96 Å². The average Bonchev–Trinajstić information content (AvgIpc) is 3.07.